The number of hydrogen-bond acceptors (Lipinski definition) is 1. The summed E-state index contributed by atoms with van der Waals surface area (Å²) in [6.45, 7) is 4.59. The van der Waals surface area contributed by atoms with Crippen molar-refractivity contribution >= 4 is 10.9 Å². The predicted octanol–water partition coefficient (Wildman–Crippen LogP) is 17.7. The smallest absolute Gasteiger partial charge is 0.0602 e. The Hall–Kier alpha value is -7.74. The molecule has 0 aliphatic heterocycles. The second kappa shape index (κ2) is 19.2. The van der Waals surface area contributed by atoms with Crippen molar-refractivity contribution in [3.8, 4) is 89.1 Å². The van der Waals surface area contributed by atoms with Crippen LogP contribution in [0.2, 0.25) is 0 Å². The van der Waals surface area contributed by atoms with E-state index in [1.807, 2.05) is 6.07 Å². The Bertz CT molecular complexity index is 3500. The summed E-state index contributed by atoms with van der Waals surface area (Å²) in [4.78, 5) is 5.21. The fourth-order valence-corrected chi connectivity index (χ4v) is 9.42. The van der Waals surface area contributed by atoms with Crippen LogP contribution in [0.15, 0.2) is 255 Å². The Kier molecular flexibility index (Phi) is 12.5. The van der Waals surface area contributed by atoms with E-state index in [4.69, 9.17) is 4.98 Å². The molecule has 1 aromatic heterocycles. The number of hydrogen-bond donors (Lipinski definition) is 0. The van der Waals surface area contributed by atoms with E-state index in [0.29, 0.717) is 0 Å². The molecule has 10 aromatic carbocycles. The number of aromatic nitrogens is 1. The Labute approximate surface area is 413 Å². The minimum Gasteiger partial charge on any atom is -0.296 e. The molecule has 0 saturated heterocycles. The fraction of sp³-hybridized carbons (Fsp3) is 0.0455. The van der Waals surface area contributed by atoms with Gasteiger partial charge in [0, 0.05) is 30.9 Å². The molecule has 11 aromatic rings. The molecular weight excluding hydrogens is 999 g/mol. The van der Waals surface area contributed by atoms with Crippen molar-refractivity contribution in [1.82, 2.24) is 4.98 Å². The maximum atomic E-state index is 5.21. The number of pyridine rings is 1. The van der Waals surface area contributed by atoms with Crippen LogP contribution in [-0.2, 0) is 25.5 Å². The molecule has 0 aliphatic carbocycles. The van der Waals surface area contributed by atoms with Gasteiger partial charge in [0.25, 0.3) is 0 Å². The Morgan fingerprint density at radius 2 is 0.706 bits per heavy atom. The van der Waals surface area contributed by atoms with Crippen LogP contribution in [0.3, 0.4) is 0 Å². The molecule has 1 heterocycles. The molecule has 0 aliphatic rings. The number of nitrogens with zero attached hydrogens (tertiary/aromatic N) is 1. The van der Waals surface area contributed by atoms with Crippen LogP contribution < -0.4 is 0 Å². The van der Waals surface area contributed by atoms with E-state index in [1.54, 1.807) is 0 Å². The number of fused-ring (bicyclic) bond motifs is 1. The van der Waals surface area contributed by atoms with Gasteiger partial charge >= 0.3 is 0 Å². The van der Waals surface area contributed by atoms with Gasteiger partial charge in [-0.1, -0.05) is 220 Å². The van der Waals surface area contributed by atoms with Crippen molar-refractivity contribution < 1.29 is 20.1 Å². The third kappa shape index (κ3) is 9.05. The summed E-state index contributed by atoms with van der Waals surface area (Å²) in [6.07, 6.45) is 0. The molecule has 0 amide bonds. The molecule has 0 unspecified atom stereocenters. The largest absolute Gasteiger partial charge is 0.296 e. The van der Waals surface area contributed by atoms with Crippen LogP contribution in [-0.4, -0.2) is 4.98 Å². The first-order valence-corrected chi connectivity index (χ1v) is 23.1. The van der Waals surface area contributed by atoms with Gasteiger partial charge in [0.1, 0.15) is 0 Å². The van der Waals surface area contributed by atoms with Gasteiger partial charge < -0.3 is 0 Å². The molecule has 0 fully saturated rings. The van der Waals surface area contributed by atoms with Gasteiger partial charge in [0.15, 0.2) is 0 Å². The zero-order valence-electron chi connectivity index (χ0n) is 38.0. The van der Waals surface area contributed by atoms with Gasteiger partial charge in [-0.25, -0.2) is 0 Å². The van der Waals surface area contributed by atoms with Gasteiger partial charge in [0.2, 0.25) is 0 Å². The maximum Gasteiger partial charge on any atom is 0.0602 e. The summed E-state index contributed by atoms with van der Waals surface area (Å²) < 4.78 is 0. The molecule has 0 spiro atoms. The van der Waals surface area contributed by atoms with E-state index in [9.17, 15) is 0 Å². The molecule has 0 atom stereocenters. The molecule has 0 bridgehead atoms. The molecule has 1 radical (unpaired) electrons. The van der Waals surface area contributed by atoms with E-state index in [-0.39, 0.29) is 25.5 Å². The molecule has 0 N–H and O–H groups in total. The maximum absolute atomic E-state index is 5.21. The van der Waals surface area contributed by atoms with Crippen molar-refractivity contribution in [1.29, 1.82) is 0 Å². The molecule has 0 saturated carbocycles. The summed E-state index contributed by atoms with van der Waals surface area (Å²) >= 11 is 0. The molecule has 68 heavy (non-hydrogen) atoms. The summed E-state index contributed by atoms with van der Waals surface area (Å²) in [5, 5.41) is 1.13. The summed E-state index contributed by atoms with van der Waals surface area (Å²) in [5.41, 5.74) is 21.9. The zero-order valence-corrected chi connectivity index (χ0v) is 40.4. The monoisotopic (exact) mass is 1050 g/mol. The molecule has 2 heteroatoms. The first-order valence-electron chi connectivity index (χ1n) is 23.1. The van der Waals surface area contributed by atoms with Crippen molar-refractivity contribution in [2.24, 2.45) is 0 Å². The van der Waals surface area contributed by atoms with Crippen LogP contribution in [0.1, 0.15) is 25.0 Å². The van der Waals surface area contributed by atoms with Crippen LogP contribution in [0, 0.1) is 6.07 Å². The van der Waals surface area contributed by atoms with Crippen molar-refractivity contribution in [3.05, 3.63) is 272 Å². The normalized spacial score (nSPS) is 11.3. The molecule has 1 nitrogen and oxygen atoms in total. The van der Waals surface area contributed by atoms with Gasteiger partial charge in [-0.3, -0.25) is 4.98 Å². The van der Waals surface area contributed by atoms with E-state index >= 15 is 0 Å². The van der Waals surface area contributed by atoms with Crippen LogP contribution in [0.4, 0.5) is 0 Å². The van der Waals surface area contributed by atoms with Gasteiger partial charge in [-0.15, -0.1) is 35.4 Å². The third-order valence-corrected chi connectivity index (χ3v) is 13.3. The first-order chi connectivity index (χ1) is 32.9. The summed E-state index contributed by atoms with van der Waals surface area (Å²) in [5.74, 6) is 0. The second-order valence-electron chi connectivity index (χ2n) is 17.9. The van der Waals surface area contributed by atoms with E-state index in [1.165, 1.54) is 66.8 Å². The quantitative estimate of drug-likeness (QED) is 0.124. The van der Waals surface area contributed by atoms with Gasteiger partial charge in [-0.05, 0) is 119 Å². The number of rotatable bonds is 10. The predicted molar refractivity (Wildman–Crippen MR) is 283 cm³/mol. The topological polar surface area (TPSA) is 12.9 Å². The average Bonchev–Trinajstić information content (AvgIpc) is 3.41. The Morgan fingerprint density at radius 3 is 1.24 bits per heavy atom. The molecular formula is C66H48IrN-. The van der Waals surface area contributed by atoms with E-state index in [0.717, 1.165) is 44.4 Å². The minimum absolute atomic E-state index is 0. The Balaban J connectivity index is 0.00000539. The van der Waals surface area contributed by atoms with Crippen molar-refractivity contribution in [3.63, 3.8) is 0 Å². The second-order valence-corrected chi connectivity index (χ2v) is 17.9. The van der Waals surface area contributed by atoms with Gasteiger partial charge in [-0.2, -0.15) is 0 Å². The van der Waals surface area contributed by atoms with Crippen LogP contribution in [0.5, 0.6) is 0 Å². The SMILES string of the molecule is CC(C)(c1ccccc1)c1ccc(-c2cccc(-c3cccc(-c4cccc(-c5ccc(-c6cc[c-]c(-c7cc(-c8ccccc8)c8cc(-c9ccccc9)ccc8n7)c6)cc5)c4)c3)c2)cc1.[Ir]. The first kappa shape index (κ1) is 44.1. The molecule has 11 rings (SSSR count). The van der Waals surface area contributed by atoms with Crippen LogP contribution in [0.25, 0.3) is 100 Å². The van der Waals surface area contributed by atoms with E-state index < -0.39 is 0 Å². The average molecular weight is 1050 g/mol. The zero-order chi connectivity index (χ0) is 45.2. The minimum atomic E-state index is -0.0732. The van der Waals surface area contributed by atoms with E-state index in [2.05, 4.69) is 269 Å². The Morgan fingerprint density at radius 1 is 0.324 bits per heavy atom. The fourth-order valence-electron chi connectivity index (χ4n) is 9.42. The summed E-state index contributed by atoms with van der Waals surface area (Å²) in [6, 6.07) is 95.2. The standard InChI is InChI=1S/C66H48N.Ir/c1-66(2,60-28-10-5-11-29-60)61-37-34-49(35-38-61)52-21-13-24-55(41-52)57-26-14-25-56(42-57)54-23-12-20-51(40-54)47-30-32-48(33-31-47)53-22-15-27-59(43-53)65-45-62(50-18-8-4-9-19-50)63-44-58(36-39-64(63)67-65)46-16-6-3-7-17-46;/h3-26,28-45H,1-2H3;/q-1;. The van der Waals surface area contributed by atoms with Crippen molar-refractivity contribution in [2.45, 2.75) is 19.3 Å². The number of benzene rings is 10. The molecule has 327 valence electrons. The van der Waals surface area contributed by atoms with Crippen LogP contribution >= 0.6 is 0 Å². The summed E-state index contributed by atoms with van der Waals surface area (Å²) in [7, 11) is 0. The van der Waals surface area contributed by atoms with Crippen molar-refractivity contribution in [2.75, 3.05) is 0 Å². The third-order valence-electron chi connectivity index (χ3n) is 13.3. The van der Waals surface area contributed by atoms with Gasteiger partial charge in [0.05, 0.1) is 5.52 Å².